The third-order valence-corrected chi connectivity index (χ3v) is 6.84. The molecule has 3 aliphatic rings. The van der Waals surface area contributed by atoms with Crippen LogP contribution in [0.15, 0.2) is 30.6 Å². The molecular weight excluding hydrogens is 408 g/mol. The number of hydrogen-bond donors (Lipinski definition) is 1. The van der Waals surface area contributed by atoms with E-state index < -0.39 is 0 Å². The highest BCUT2D eigenvalue weighted by molar-refractivity contribution is 6.03. The highest BCUT2D eigenvalue weighted by Crippen LogP contribution is 2.33. The molecule has 2 fully saturated rings. The van der Waals surface area contributed by atoms with Crippen molar-refractivity contribution in [1.29, 1.82) is 0 Å². The third-order valence-electron chi connectivity index (χ3n) is 6.84. The highest BCUT2D eigenvalue weighted by atomic mass is 16.5. The molecule has 0 spiro atoms. The average molecular weight is 437 g/mol. The smallest absolute Gasteiger partial charge is 0.257 e. The van der Waals surface area contributed by atoms with Gasteiger partial charge >= 0.3 is 0 Å². The molecule has 0 aromatic carbocycles. The zero-order valence-electron chi connectivity index (χ0n) is 18.3. The third kappa shape index (κ3) is 3.95. The van der Waals surface area contributed by atoms with Gasteiger partial charge in [-0.2, -0.15) is 0 Å². The van der Waals surface area contributed by atoms with Gasteiger partial charge in [0.2, 0.25) is 5.88 Å². The second-order valence-electron chi connectivity index (χ2n) is 8.85. The lowest BCUT2D eigenvalue weighted by atomic mass is 9.95. The molecule has 168 valence electrons. The topological polar surface area (TPSA) is 93.6 Å². The molecule has 1 saturated carbocycles. The fourth-order valence-electron chi connectivity index (χ4n) is 5.08. The first kappa shape index (κ1) is 20.9. The Labute approximate surface area is 187 Å². The Balaban J connectivity index is 1.33. The minimum Gasteiger partial charge on any atom is -0.480 e. The molecule has 0 radical (unpaired) electrons. The molecule has 32 heavy (non-hydrogen) atoms. The van der Waals surface area contributed by atoms with Gasteiger partial charge in [0.25, 0.3) is 11.8 Å². The van der Waals surface area contributed by atoms with Gasteiger partial charge in [-0.05, 0) is 43.0 Å². The van der Waals surface area contributed by atoms with Crippen LogP contribution in [0.25, 0.3) is 0 Å². The summed E-state index contributed by atoms with van der Waals surface area (Å²) in [7, 11) is 1.50. The molecular formula is C24H28N4O4. The molecule has 5 rings (SSSR count). The van der Waals surface area contributed by atoms with E-state index in [9.17, 15) is 9.59 Å². The summed E-state index contributed by atoms with van der Waals surface area (Å²) in [4.78, 5) is 36.8. The molecule has 4 heterocycles. The van der Waals surface area contributed by atoms with Crippen LogP contribution < -0.4 is 10.1 Å². The number of nitrogens with one attached hydrogen (secondary N) is 1. The Morgan fingerprint density at radius 2 is 2.03 bits per heavy atom. The number of ether oxygens (including phenoxy) is 2. The largest absolute Gasteiger partial charge is 0.480 e. The summed E-state index contributed by atoms with van der Waals surface area (Å²) in [6.45, 7) is 1.53. The molecule has 2 atom stereocenters. The van der Waals surface area contributed by atoms with Crippen molar-refractivity contribution in [2.24, 2.45) is 5.92 Å². The van der Waals surface area contributed by atoms with Gasteiger partial charge in [0.15, 0.2) is 0 Å². The van der Waals surface area contributed by atoms with E-state index in [1.165, 1.54) is 7.11 Å². The average Bonchev–Trinajstić information content (AvgIpc) is 3.55. The van der Waals surface area contributed by atoms with Crippen molar-refractivity contribution in [1.82, 2.24) is 20.2 Å². The minimum atomic E-state index is -0.292. The van der Waals surface area contributed by atoms with E-state index in [1.54, 1.807) is 18.5 Å². The van der Waals surface area contributed by atoms with Gasteiger partial charge in [0.1, 0.15) is 5.56 Å². The van der Waals surface area contributed by atoms with E-state index in [2.05, 4.69) is 15.3 Å². The quantitative estimate of drug-likeness (QED) is 0.747. The maximum absolute atomic E-state index is 13.2. The lowest BCUT2D eigenvalue weighted by Gasteiger charge is -2.22. The van der Waals surface area contributed by atoms with Crippen LogP contribution in [0.4, 0.5) is 0 Å². The molecule has 1 N–H and O–H groups in total. The summed E-state index contributed by atoms with van der Waals surface area (Å²) in [5, 5.41) is 3.09. The van der Waals surface area contributed by atoms with Crippen LogP contribution >= 0.6 is 0 Å². The number of nitrogens with zero attached hydrogens (tertiary/aromatic N) is 3. The van der Waals surface area contributed by atoms with E-state index in [1.807, 2.05) is 17.0 Å². The Bertz CT molecular complexity index is 1010. The van der Waals surface area contributed by atoms with Gasteiger partial charge < -0.3 is 19.7 Å². The molecule has 2 aliphatic heterocycles. The summed E-state index contributed by atoms with van der Waals surface area (Å²) in [6.07, 6.45) is 8.70. The molecule has 8 heteroatoms. The zero-order chi connectivity index (χ0) is 22.1. The van der Waals surface area contributed by atoms with Crippen LogP contribution in [-0.2, 0) is 17.7 Å². The Kier molecular flexibility index (Phi) is 5.78. The van der Waals surface area contributed by atoms with Crippen LogP contribution in [0.2, 0.25) is 0 Å². The number of pyridine rings is 2. The first-order valence-corrected chi connectivity index (χ1v) is 11.3. The van der Waals surface area contributed by atoms with E-state index in [-0.39, 0.29) is 35.7 Å². The predicted molar refractivity (Wildman–Crippen MR) is 116 cm³/mol. The number of carbonyl (C=O) groups is 2. The fourth-order valence-corrected chi connectivity index (χ4v) is 5.08. The van der Waals surface area contributed by atoms with Crippen molar-refractivity contribution in [3.63, 3.8) is 0 Å². The highest BCUT2D eigenvalue weighted by Gasteiger charge is 2.37. The van der Waals surface area contributed by atoms with Crippen LogP contribution in [0.5, 0.6) is 5.88 Å². The van der Waals surface area contributed by atoms with Gasteiger partial charge in [0.05, 0.1) is 44.2 Å². The van der Waals surface area contributed by atoms with Crippen molar-refractivity contribution in [3.8, 4) is 5.88 Å². The summed E-state index contributed by atoms with van der Waals surface area (Å²) in [6, 6.07) is 5.75. The Hall–Kier alpha value is -3.00. The SMILES string of the molecule is COc1nc2c(cc1C(=O)NC1COCC1Cc1ccncc1)C(=O)N(C1CCCC1)C2. The molecule has 8 nitrogen and oxygen atoms in total. The minimum absolute atomic E-state index is 0.0316. The van der Waals surface area contributed by atoms with Crippen LogP contribution in [-0.4, -0.2) is 59.1 Å². The van der Waals surface area contributed by atoms with Crippen molar-refractivity contribution in [2.75, 3.05) is 20.3 Å². The van der Waals surface area contributed by atoms with Crippen LogP contribution in [0, 0.1) is 5.92 Å². The van der Waals surface area contributed by atoms with Gasteiger partial charge in [-0.1, -0.05) is 12.8 Å². The number of amides is 2. The van der Waals surface area contributed by atoms with Gasteiger partial charge in [-0.15, -0.1) is 0 Å². The Morgan fingerprint density at radius 3 is 2.78 bits per heavy atom. The zero-order valence-corrected chi connectivity index (χ0v) is 18.3. The maximum Gasteiger partial charge on any atom is 0.257 e. The maximum atomic E-state index is 13.2. The van der Waals surface area contributed by atoms with Crippen molar-refractivity contribution in [3.05, 3.63) is 53.0 Å². The Morgan fingerprint density at radius 1 is 1.25 bits per heavy atom. The molecule has 2 aromatic rings. The standard InChI is InChI=1S/C24H28N4O4/c1-31-23-19(11-18-20(27-23)12-28(24(18)30)17-4-2-3-5-17)22(29)26-21-14-32-13-16(21)10-15-6-8-25-9-7-15/h6-9,11,16-17,21H,2-5,10,12-14H2,1H3,(H,26,29). The van der Waals surface area contributed by atoms with Crippen molar-refractivity contribution < 1.29 is 19.1 Å². The van der Waals surface area contributed by atoms with Gasteiger partial charge in [0, 0.05) is 24.4 Å². The van der Waals surface area contributed by atoms with E-state index in [0.29, 0.717) is 36.6 Å². The first-order chi connectivity index (χ1) is 15.6. The van der Waals surface area contributed by atoms with Crippen LogP contribution in [0.1, 0.15) is 57.7 Å². The second kappa shape index (κ2) is 8.86. The molecule has 2 unspecified atom stereocenters. The molecule has 0 bridgehead atoms. The molecule has 2 amide bonds. The molecule has 2 aromatic heterocycles. The predicted octanol–water partition coefficient (Wildman–Crippen LogP) is 2.37. The molecule has 1 saturated heterocycles. The number of rotatable bonds is 6. The number of hydrogen-bond acceptors (Lipinski definition) is 6. The number of carbonyl (C=O) groups excluding carboxylic acids is 2. The normalized spacial score (nSPS) is 22.9. The summed E-state index contributed by atoms with van der Waals surface area (Å²) >= 11 is 0. The van der Waals surface area contributed by atoms with E-state index in [0.717, 1.165) is 37.7 Å². The summed E-state index contributed by atoms with van der Waals surface area (Å²) in [5.41, 5.74) is 2.65. The van der Waals surface area contributed by atoms with E-state index in [4.69, 9.17) is 9.47 Å². The monoisotopic (exact) mass is 436 g/mol. The van der Waals surface area contributed by atoms with Crippen molar-refractivity contribution in [2.45, 2.75) is 50.7 Å². The summed E-state index contributed by atoms with van der Waals surface area (Å²) < 4.78 is 11.1. The van der Waals surface area contributed by atoms with Gasteiger partial charge in [-0.25, -0.2) is 4.98 Å². The number of methoxy groups -OCH3 is 1. The lowest BCUT2D eigenvalue weighted by molar-refractivity contribution is 0.0706. The fraction of sp³-hybridized carbons (Fsp3) is 0.500. The summed E-state index contributed by atoms with van der Waals surface area (Å²) in [5.74, 6) is 0.0940. The van der Waals surface area contributed by atoms with Gasteiger partial charge in [-0.3, -0.25) is 14.6 Å². The second-order valence-corrected chi connectivity index (χ2v) is 8.85. The lowest BCUT2D eigenvalue weighted by Crippen LogP contribution is -2.41. The molecule has 1 aliphatic carbocycles. The van der Waals surface area contributed by atoms with Crippen LogP contribution in [0.3, 0.4) is 0 Å². The number of fused-ring (bicyclic) bond motifs is 1. The van der Waals surface area contributed by atoms with Crippen molar-refractivity contribution >= 4 is 11.8 Å². The first-order valence-electron chi connectivity index (χ1n) is 11.3. The number of aromatic nitrogens is 2. The van der Waals surface area contributed by atoms with E-state index >= 15 is 0 Å².